The number of primary sulfonamides is 1. The molecule has 0 heterocycles. The molecule has 0 bridgehead atoms. The highest BCUT2D eigenvalue weighted by molar-refractivity contribution is 7.89. The number of hydrogen-bond acceptors (Lipinski definition) is 5. The SMILES string of the molecule is CC(Nc1ccc(S(N)(=O)=O)cc1[N+](=O)[O-])C1CCC1. The molecule has 3 N–H and O–H groups in total. The summed E-state index contributed by atoms with van der Waals surface area (Å²) in [7, 11) is -3.95. The van der Waals surface area contributed by atoms with Gasteiger partial charge in [0.1, 0.15) is 5.69 Å². The van der Waals surface area contributed by atoms with Gasteiger partial charge in [0.05, 0.1) is 9.82 Å². The molecule has 0 amide bonds. The van der Waals surface area contributed by atoms with Crippen LogP contribution in [-0.4, -0.2) is 19.4 Å². The van der Waals surface area contributed by atoms with E-state index in [1.54, 1.807) is 0 Å². The molecule has 1 aromatic rings. The number of sulfonamides is 1. The molecule has 0 spiro atoms. The smallest absolute Gasteiger partial charge is 0.293 e. The van der Waals surface area contributed by atoms with Crippen LogP contribution in [0.4, 0.5) is 11.4 Å². The molecule has 1 aromatic carbocycles. The summed E-state index contributed by atoms with van der Waals surface area (Å²) in [5, 5.41) is 19.1. The lowest BCUT2D eigenvalue weighted by Gasteiger charge is -2.32. The van der Waals surface area contributed by atoms with Gasteiger partial charge in [0.25, 0.3) is 5.69 Å². The molecule has 8 heteroatoms. The van der Waals surface area contributed by atoms with Crippen molar-refractivity contribution >= 4 is 21.4 Å². The molecule has 1 fully saturated rings. The number of nitro benzene ring substituents is 1. The van der Waals surface area contributed by atoms with Crippen molar-refractivity contribution in [1.82, 2.24) is 0 Å². The first-order valence-electron chi connectivity index (χ1n) is 6.37. The maximum atomic E-state index is 11.2. The maximum Gasteiger partial charge on any atom is 0.293 e. The van der Waals surface area contributed by atoms with E-state index in [1.165, 1.54) is 18.6 Å². The Kier molecular flexibility index (Phi) is 3.96. The summed E-state index contributed by atoms with van der Waals surface area (Å²) < 4.78 is 22.5. The zero-order valence-electron chi connectivity index (χ0n) is 11.1. The van der Waals surface area contributed by atoms with E-state index in [1.807, 2.05) is 6.92 Å². The summed E-state index contributed by atoms with van der Waals surface area (Å²) in [5.74, 6) is 0.507. The topological polar surface area (TPSA) is 115 Å². The van der Waals surface area contributed by atoms with Gasteiger partial charge in [-0.05, 0) is 37.8 Å². The summed E-state index contributed by atoms with van der Waals surface area (Å²) in [6.45, 7) is 1.97. The van der Waals surface area contributed by atoms with Crippen LogP contribution in [0.3, 0.4) is 0 Å². The number of anilines is 1. The van der Waals surface area contributed by atoms with Gasteiger partial charge in [0.2, 0.25) is 10.0 Å². The number of nitrogens with zero attached hydrogens (tertiary/aromatic N) is 1. The Hall–Kier alpha value is -1.67. The Morgan fingerprint density at radius 3 is 2.55 bits per heavy atom. The minimum atomic E-state index is -3.95. The summed E-state index contributed by atoms with van der Waals surface area (Å²) in [5.41, 5.74) is 0.0458. The predicted molar refractivity (Wildman–Crippen MR) is 74.9 cm³/mol. The van der Waals surface area contributed by atoms with Crippen LogP contribution in [0.1, 0.15) is 26.2 Å². The number of benzene rings is 1. The van der Waals surface area contributed by atoms with Gasteiger partial charge in [0, 0.05) is 12.1 Å². The molecule has 0 aliphatic heterocycles. The van der Waals surface area contributed by atoms with E-state index in [0.717, 1.165) is 18.9 Å². The molecule has 2 rings (SSSR count). The van der Waals surface area contributed by atoms with E-state index in [0.29, 0.717) is 11.6 Å². The second-order valence-electron chi connectivity index (χ2n) is 5.11. The van der Waals surface area contributed by atoms with E-state index in [4.69, 9.17) is 5.14 Å². The first-order chi connectivity index (χ1) is 9.29. The third kappa shape index (κ3) is 3.07. The van der Waals surface area contributed by atoms with Crippen LogP contribution in [-0.2, 0) is 10.0 Å². The van der Waals surface area contributed by atoms with Gasteiger partial charge in [0.15, 0.2) is 0 Å². The lowest BCUT2D eigenvalue weighted by molar-refractivity contribution is -0.384. The van der Waals surface area contributed by atoms with Gasteiger partial charge in [-0.25, -0.2) is 13.6 Å². The molecule has 0 aromatic heterocycles. The number of nitrogens with one attached hydrogen (secondary N) is 1. The van der Waals surface area contributed by atoms with Crippen LogP contribution in [0.25, 0.3) is 0 Å². The van der Waals surface area contributed by atoms with Crippen LogP contribution >= 0.6 is 0 Å². The van der Waals surface area contributed by atoms with Crippen LogP contribution in [0, 0.1) is 16.0 Å². The summed E-state index contributed by atoms with van der Waals surface area (Å²) in [6, 6.07) is 3.78. The zero-order valence-corrected chi connectivity index (χ0v) is 11.9. The number of hydrogen-bond donors (Lipinski definition) is 2. The minimum absolute atomic E-state index is 0.114. The summed E-state index contributed by atoms with van der Waals surface area (Å²) >= 11 is 0. The first kappa shape index (κ1) is 14.7. The van der Waals surface area contributed by atoms with Gasteiger partial charge in [-0.3, -0.25) is 10.1 Å². The van der Waals surface area contributed by atoms with E-state index in [2.05, 4.69) is 5.32 Å². The minimum Gasteiger partial charge on any atom is -0.377 e. The molecule has 1 unspecified atom stereocenters. The molecule has 1 aliphatic carbocycles. The Labute approximate surface area is 117 Å². The fraction of sp³-hybridized carbons (Fsp3) is 0.500. The van der Waals surface area contributed by atoms with Crippen molar-refractivity contribution in [3.63, 3.8) is 0 Å². The van der Waals surface area contributed by atoms with E-state index in [9.17, 15) is 18.5 Å². The van der Waals surface area contributed by atoms with Crippen molar-refractivity contribution in [2.75, 3.05) is 5.32 Å². The van der Waals surface area contributed by atoms with Crippen LogP contribution in [0.2, 0.25) is 0 Å². The average Bonchev–Trinajstić information content (AvgIpc) is 2.24. The Morgan fingerprint density at radius 1 is 1.45 bits per heavy atom. The van der Waals surface area contributed by atoms with Gasteiger partial charge < -0.3 is 5.32 Å². The standard InChI is InChI=1S/C12H17N3O4S/c1-8(9-3-2-4-9)14-11-6-5-10(20(13,18)19)7-12(11)15(16)17/h5-9,14H,2-4H2,1H3,(H2,13,18,19). The number of nitrogens with two attached hydrogens (primary N) is 1. The van der Waals surface area contributed by atoms with E-state index < -0.39 is 14.9 Å². The number of nitro groups is 1. The van der Waals surface area contributed by atoms with Crippen LogP contribution in [0.15, 0.2) is 23.1 Å². The normalized spacial score (nSPS) is 17.3. The van der Waals surface area contributed by atoms with Gasteiger partial charge in [-0.2, -0.15) is 0 Å². The molecule has 0 radical (unpaired) electrons. The largest absolute Gasteiger partial charge is 0.377 e. The van der Waals surface area contributed by atoms with E-state index >= 15 is 0 Å². The number of rotatable bonds is 5. The molecule has 20 heavy (non-hydrogen) atoms. The molecule has 110 valence electrons. The van der Waals surface area contributed by atoms with E-state index in [-0.39, 0.29) is 16.6 Å². The highest BCUT2D eigenvalue weighted by Crippen LogP contribution is 2.33. The second-order valence-corrected chi connectivity index (χ2v) is 6.67. The molecule has 1 aliphatic rings. The van der Waals surface area contributed by atoms with Crippen LogP contribution in [0.5, 0.6) is 0 Å². The summed E-state index contributed by atoms with van der Waals surface area (Å²) in [4.78, 5) is 10.2. The third-order valence-electron chi connectivity index (χ3n) is 3.73. The highest BCUT2D eigenvalue weighted by Gasteiger charge is 2.26. The fourth-order valence-corrected chi connectivity index (χ4v) is 2.80. The molecule has 0 saturated heterocycles. The quantitative estimate of drug-likeness (QED) is 0.635. The Bertz CT molecular complexity index is 626. The predicted octanol–water partition coefficient (Wildman–Crippen LogP) is 1.84. The average molecular weight is 299 g/mol. The lowest BCUT2D eigenvalue weighted by Crippen LogP contribution is -2.31. The van der Waals surface area contributed by atoms with Gasteiger partial charge in [-0.1, -0.05) is 6.42 Å². The van der Waals surface area contributed by atoms with Crippen molar-refractivity contribution in [3.8, 4) is 0 Å². The van der Waals surface area contributed by atoms with Gasteiger partial charge >= 0.3 is 0 Å². The monoisotopic (exact) mass is 299 g/mol. The molecule has 1 saturated carbocycles. The van der Waals surface area contributed by atoms with Crippen LogP contribution < -0.4 is 10.5 Å². The zero-order chi connectivity index (χ0) is 14.9. The Balaban J connectivity index is 2.30. The summed E-state index contributed by atoms with van der Waals surface area (Å²) in [6.07, 6.45) is 3.40. The third-order valence-corrected chi connectivity index (χ3v) is 4.65. The highest BCUT2D eigenvalue weighted by atomic mass is 32.2. The van der Waals surface area contributed by atoms with Crippen molar-refractivity contribution in [3.05, 3.63) is 28.3 Å². The fourth-order valence-electron chi connectivity index (χ4n) is 2.26. The maximum absolute atomic E-state index is 11.2. The van der Waals surface area contributed by atoms with Crippen molar-refractivity contribution in [2.45, 2.75) is 37.1 Å². The molecule has 1 atom stereocenters. The molecular weight excluding hydrogens is 282 g/mol. The van der Waals surface area contributed by atoms with Crippen molar-refractivity contribution < 1.29 is 13.3 Å². The van der Waals surface area contributed by atoms with Gasteiger partial charge in [-0.15, -0.1) is 0 Å². The van der Waals surface area contributed by atoms with Crippen molar-refractivity contribution in [1.29, 1.82) is 0 Å². The van der Waals surface area contributed by atoms with Crippen molar-refractivity contribution in [2.24, 2.45) is 11.1 Å². The molecular formula is C12H17N3O4S. The lowest BCUT2D eigenvalue weighted by atomic mass is 9.80. The Morgan fingerprint density at radius 2 is 2.10 bits per heavy atom. The first-order valence-corrected chi connectivity index (χ1v) is 7.91. The molecule has 7 nitrogen and oxygen atoms in total. The second kappa shape index (κ2) is 5.37.